The monoisotopic (exact) mass is 361 g/mol. The first-order chi connectivity index (χ1) is 13.1. The quantitative estimate of drug-likeness (QED) is 0.563. The molecule has 0 unspecified atom stereocenters. The molecule has 3 aromatic rings. The number of nitrogens with zero attached hydrogens (tertiary/aromatic N) is 1. The molecule has 1 amide bonds. The molecule has 1 heterocycles. The van der Waals surface area contributed by atoms with Crippen molar-refractivity contribution in [3.8, 4) is 11.1 Å². The zero-order valence-electron chi connectivity index (χ0n) is 16.4. The lowest BCUT2D eigenvalue weighted by atomic mass is 9.93. The van der Waals surface area contributed by atoms with Gasteiger partial charge < -0.3 is 9.32 Å². The van der Waals surface area contributed by atoms with Crippen LogP contribution >= 0.6 is 0 Å². The molecule has 27 heavy (non-hydrogen) atoms. The summed E-state index contributed by atoms with van der Waals surface area (Å²) in [5.41, 5.74) is 4.69. The molecule has 1 aromatic heterocycles. The Hall–Kier alpha value is -2.55. The van der Waals surface area contributed by atoms with E-state index in [1.54, 1.807) is 0 Å². The first-order valence-corrected chi connectivity index (χ1v) is 9.92. The van der Waals surface area contributed by atoms with Crippen LogP contribution in [-0.4, -0.2) is 23.9 Å². The molecule has 0 radical (unpaired) electrons. The summed E-state index contributed by atoms with van der Waals surface area (Å²) in [5, 5.41) is 1.03. The van der Waals surface area contributed by atoms with E-state index in [2.05, 4.69) is 18.2 Å². The van der Waals surface area contributed by atoms with Crippen molar-refractivity contribution in [3.05, 3.63) is 59.4 Å². The van der Waals surface area contributed by atoms with Crippen LogP contribution in [0.3, 0.4) is 0 Å². The van der Waals surface area contributed by atoms with Gasteiger partial charge in [-0.1, -0.05) is 49.6 Å². The van der Waals surface area contributed by atoms with E-state index in [1.165, 1.54) is 19.3 Å². The van der Waals surface area contributed by atoms with Gasteiger partial charge in [0, 0.05) is 24.0 Å². The normalized spacial score (nSPS) is 15.2. The average Bonchev–Trinajstić information content (AvgIpc) is 3.03. The summed E-state index contributed by atoms with van der Waals surface area (Å²) in [4.78, 5) is 15.3. The van der Waals surface area contributed by atoms with Gasteiger partial charge in [-0.3, -0.25) is 4.79 Å². The van der Waals surface area contributed by atoms with Crippen LogP contribution in [0.1, 0.15) is 53.8 Å². The first-order valence-electron chi connectivity index (χ1n) is 9.92. The SMILES string of the molecule is Cc1cc(C(=O)N(C)C2CCCCC2)c2oc(C)c(-c3ccccc3)c2c1. The molecular formula is C24H27NO2. The van der Waals surface area contributed by atoms with Gasteiger partial charge in [0.2, 0.25) is 0 Å². The highest BCUT2D eigenvalue weighted by Gasteiger charge is 2.26. The summed E-state index contributed by atoms with van der Waals surface area (Å²) in [6, 6.07) is 14.7. The minimum absolute atomic E-state index is 0.0731. The molecule has 1 aliphatic carbocycles. The summed E-state index contributed by atoms with van der Waals surface area (Å²) >= 11 is 0. The lowest BCUT2D eigenvalue weighted by Gasteiger charge is -2.31. The van der Waals surface area contributed by atoms with Crippen LogP contribution in [0.4, 0.5) is 0 Å². The van der Waals surface area contributed by atoms with Gasteiger partial charge in [0.1, 0.15) is 11.3 Å². The molecule has 0 spiro atoms. The Labute approximate surface area is 161 Å². The molecule has 1 aliphatic rings. The minimum atomic E-state index is 0.0731. The van der Waals surface area contributed by atoms with E-state index < -0.39 is 0 Å². The Morgan fingerprint density at radius 2 is 1.74 bits per heavy atom. The predicted molar refractivity (Wildman–Crippen MR) is 110 cm³/mol. The van der Waals surface area contributed by atoms with Gasteiger partial charge >= 0.3 is 0 Å². The van der Waals surface area contributed by atoms with Gasteiger partial charge in [-0.05, 0) is 49.9 Å². The Bertz CT molecular complexity index is 965. The topological polar surface area (TPSA) is 33.5 Å². The van der Waals surface area contributed by atoms with Crippen molar-refractivity contribution in [3.63, 3.8) is 0 Å². The van der Waals surface area contributed by atoms with Gasteiger partial charge in [0.05, 0.1) is 5.56 Å². The molecule has 0 atom stereocenters. The van der Waals surface area contributed by atoms with Crippen molar-refractivity contribution in [1.82, 2.24) is 4.90 Å². The second-order valence-electron chi connectivity index (χ2n) is 7.80. The van der Waals surface area contributed by atoms with Crippen LogP contribution in [-0.2, 0) is 0 Å². The van der Waals surface area contributed by atoms with Gasteiger partial charge in [0.15, 0.2) is 0 Å². The van der Waals surface area contributed by atoms with E-state index in [-0.39, 0.29) is 5.91 Å². The number of fused-ring (bicyclic) bond motifs is 1. The summed E-state index contributed by atoms with van der Waals surface area (Å²) in [7, 11) is 1.94. The maximum Gasteiger partial charge on any atom is 0.257 e. The molecule has 4 rings (SSSR count). The highest BCUT2D eigenvalue weighted by atomic mass is 16.3. The molecule has 0 saturated heterocycles. The molecular weight excluding hydrogens is 334 g/mol. The smallest absolute Gasteiger partial charge is 0.257 e. The average molecular weight is 361 g/mol. The van der Waals surface area contributed by atoms with Gasteiger partial charge in [0.25, 0.3) is 5.91 Å². The van der Waals surface area contributed by atoms with Crippen LogP contribution in [0.15, 0.2) is 46.9 Å². The van der Waals surface area contributed by atoms with E-state index in [1.807, 2.05) is 50.1 Å². The molecule has 140 valence electrons. The summed E-state index contributed by atoms with van der Waals surface area (Å²) < 4.78 is 6.15. The third-order valence-corrected chi connectivity index (χ3v) is 5.85. The lowest BCUT2D eigenvalue weighted by Crippen LogP contribution is -2.38. The molecule has 2 aromatic carbocycles. The minimum Gasteiger partial charge on any atom is -0.460 e. The standard InChI is InChI=1S/C24H27NO2/c1-16-14-20-22(18-10-6-4-7-11-18)17(2)27-23(20)21(15-16)24(26)25(3)19-12-8-5-9-13-19/h4,6-7,10-11,14-15,19H,5,8-9,12-13H2,1-3H3. The first kappa shape index (κ1) is 17.8. The maximum absolute atomic E-state index is 13.3. The van der Waals surface area contributed by atoms with Crippen molar-refractivity contribution < 1.29 is 9.21 Å². The lowest BCUT2D eigenvalue weighted by molar-refractivity contribution is 0.0697. The van der Waals surface area contributed by atoms with Crippen molar-refractivity contribution in [2.45, 2.75) is 52.0 Å². The Kier molecular flexibility index (Phi) is 4.77. The Balaban J connectivity index is 1.81. The molecule has 1 saturated carbocycles. The van der Waals surface area contributed by atoms with E-state index >= 15 is 0 Å². The molecule has 0 N–H and O–H groups in total. The fourth-order valence-corrected chi connectivity index (χ4v) is 4.41. The van der Waals surface area contributed by atoms with Crippen LogP contribution in [0.5, 0.6) is 0 Å². The zero-order valence-corrected chi connectivity index (χ0v) is 16.4. The third-order valence-electron chi connectivity index (χ3n) is 5.85. The third kappa shape index (κ3) is 3.27. The number of aryl methyl sites for hydroxylation is 2. The summed E-state index contributed by atoms with van der Waals surface area (Å²) in [6.45, 7) is 4.03. The summed E-state index contributed by atoms with van der Waals surface area (Å²) in [6.07, 6.45) is 5.91. The zero-order chi connectivity index (χ0) is 19.0. The predicted octanol–water partition coefficient (Wildman–Crippen LogP) is 6.12. The number of carbonyl (C=O) groups is 1. The second kappa shape index (κ2) is 7.22. The number of carbonyl (C=O) groups excluding carboxylic acids is 1. The van der Waals surface area contributed by atoms with Crippen LogP contribution < -0.4 is 0 Å². The number of amides is 1. The highest BCUT2D eigenvalue weighted by Crippen LogP contribution is 2.37. The Morgan fingerprint density at radius 3 is 2.44 bits per heavy atom. The number of furan rings is 1. The summed E-state index contributed by atoms with van der Waals surface area (Å²) in [5.74, 6) is 0.931. The fourth-order valence-electron chi connectivity index (χ4n) is 4.41. The van der Waals surface area contributed by atoms with Crippen LogP contribution in [0, 0.1) is 13.8 Å². The van der Waals surface area contributed by atoms with Crippen molar-refractivity contribution >= 4 is 16.9 Å². The van der Waals surface area contributed by atoms with Crippen LogP contribution in [0.2, 0.25) is 0 Å². The van der Waals surface area contributed by atoms with Gasteiger partial charge in [-0.15, -0.1) is 0 Å². The molecule has 3 heteroatoms. The fraction of sp³-hybridized carbons (Fsp3) is 0.375. The molecule has 3 nitrogen and oxygen atoms in total. The van der Waals surface area contributed by atoms with E-state index in [0.717, 1.165) is 40.7 Å². The van der Waals surface area contributed by atoms with Crippen molar-refractivity contribution in [1.29, 1.82) is 0 Å². The van der Waals surface area contributed by atoms with E-state index in [0.29, 0.717) is 17.2 Å². The largest absolute Gasteiger partial charge is 0.460 e. The van der Waals surface area contributed by atoms with Crippen molar-refractivity contribution in [2.75, 3.05) is 7.05 Å². The molecule has 0 aliphatic heterocycles. The van der Waals surface area contributed by atoms with Gasteiger partial charge in [-0.2, -0.15) is 0 Å². The van der Waals surface area contributed by atoms with Gasteiger partial charge in [-0.25, -0.2) is 0 Å². The maximum atomic E-state index is 13.3. The second-order valence-corrected chi connectivity index (χ2v) is 7.80. The number of hydrogen-bond acceptors (Lipinski definition) is 2. The highest BCUT2D eigenvalue weighted by molar-refractivity contribution is 6.09. The van der Waals surface area contributed by atoms with Crippen molar-refractivity contribution in [2.24, 2.45) is 0 Å². The number of rotatable bonds is 3. The number of benzene rings is 2. The van der Waals surface area contributed by atoms with E-state index in [9.17, 15) is 4.79 Å². The van der Waals surface area contributed by atoms with E-state index in [4.69, 9.17) is 4.42 Å². The molecule has 1 fully saturated rings. The van der Waals surface area contributed by atoms with Crippen LogP contribution in [0.25, 0.3) is 22.1 Å². The number of hydrogen-bond donors (Lipinski definition) is 0. The Morgan fingerprint density at radius 1 is 1.04 bits per heavy atom. The molecule has 0 bridgehead atoms.